The van der Waals surface area contributed by atoms with Crippen LogP contribution >= 0.6 is 15.9 Å². The lowest BCUT2D eigenvalue weighted by Gasteiger charge is -2.40. The summed E-state index contributed by atoms with van der Waals surface area (Å²) in [6, 6.07) is 15.7. The summed E-state index contributed by atoms with van der Waals surface area (Å²) in [5, 5.41) is 0. The van der Waals surface area contributed by atoms with E-state index in [0.717, 1.165) is 11.3 Å². The molecule has 5 rings (SSSR count). The quantitative estimate of drug-likeness (QED) is 0.400. The number of halogens is 2. The van der Waals surface area contributed by atoms with Crippen LogP contribution in [0.15, 0.2) is 59.1 Å². The Hall–Kier alpha value is -3.59. The second kappa shape index (κ2) is 10.3. The van der Waals surface area contributed by atoms with Crippen molar-refractivity contribution in [3.05, 3.63) is 81.6 Å². The molecule has 0 aliphatic carbocycles. The summed E-state index contributed by atoms with van der Waals surface area (Å²) < 4.78 is 30.3. The SMILES string of the molecule is COc1ccc(C(=O)N2CCC3(CC2)CN(C(=O)c2cc(Br)c(F)cc2OC)c2ccccc23)cc1OC. The molecule has 1 saturated heterocycles. The topological polar surface area (TPSA) is 68.3 Å². The molecule has 3 aromatic rings. The molecule has 2 heterocycles. The Morgan fingerprint density at radius 3 is 2.24 bits per heavy atom. The van der Waals surface area contributed by atoms with Crippen LogP contribution in [0.2, 0.25) is 0 Å². The Balaban J connectivity index is 1.39. The van der Waals surface area contributed by atoms with E-state index in [1.165, 1.54) is 19.2 Å². The van der Waals surface area contributed by atoms with Crippen LogP contribution in [0, 0.1) is 5.82 Å². The number of para-hydroxylation sites is 1. The predicted octanol–water partition coefficient (Wildman–Crippen LogP) is 5.45. The van der Waals surface area contributed by atoms with E-state index in [-0.39, 0.29) is 33.0 Å². The van der Waals surface area contributed by atoms with Gasteiger partial charge in [0, 0.05) is 42.4 Å². The first-order valence-electron chi connectivity index (χ1n) is 12.3. The molecule has 0 aromatic heterocycles. The molecule has 0 radical (unpaired) electrons. The third kappa shape index (κ3) is 4.38. The van der Waals surface area contributed by atoms with Crippen LogP contribution in [0.4, 0.5) is 10.1 Å². The zero-order valence-corrected chi connectivity index (χ0v) is 23.0. The number of nitrogens with zero attached hydrogens (tertiary/aromatic N) is 2. The van der Waals surface area contributed by atoms with Gasteiger partial charge in [-0.1, -0.05) is 18.2 Å². The van der Waals surface area contributed by atoms with E-state index in [1.54, 1.807) is 37.3 Å². The number of piperidine rings is 1. The lowest BCUT2D eigenvalue weighted by atomic mass is 9.74. The second-order valence-electron chi connectivity index (χ2n) is 9.52. The smallest absolute Gasteiger partial charge is 0.262 e. The van der Waals surface area contributed by atoms with E-state index < -0.39 is 5.82 Å². The second-order valence-corrected chi connectivity index (χ2v) is 10.4. The van der Waals surface area contributed by atoms with Gasteiger partial charge in [-0.15, -0.1) is 0 Å². The van der Waals surface area contributed by atoms with Crippen LogP contribution in [0.25, 0.3) is 0 Å². The number of hydrogen-bond donors (Lipinski definition) is 0. The normalized spacial score (nSPS) is 15.8. The number of amides is 2. The third-order valence-electron chi connectivity index (χ3n) is 7.58. The standard InChI is InChI=1S/C29H28BrFN2O5/c1-36-24-9-8-18(14-26(24)38-3)27(34)32-12-10-29(11-13-32)17-33(23-7-5-4-6-20(23)29)28(35)19-15-21(30)22(31)16-25(19)37-2/h4-9,14-16H,10-13,17H2,1-3H3. The molecule has 0 unspecified atom stereocenters. The summed E-state index contributed by atoms with van der Waals surface area (Å²) >= 11 is 3.19. The van der Waals surface area contributed by atoms with Gasteiger partial charge in [-0.3, -0.25) is 9.59 Å². The van der Waals surface area contributed by atoms with E-state index in [4.69, 9.17) is 14.2 Å². The van der Waals surface area contributed by atoms with Crippen molar-refractivity contribution in [2.24, 2.45) is 0 Å². The molecular weight excluding hydrogens is 555 g/mol. The lowest BCUT2D eigenvalue weighted by molar-refractivity contribution is 0.0670. The van der Waals surface area contributed by atoms with Crippen molar-refractivity contribution in [2.75, 3.05) is 45.9 Å². The van der Waals surface area contributed by atoms with Crippen LogP contribution in [-0.2, 0) is 5.41 Å². The fourth-order valence-electron chi connectivity index (χ4n) is 5.54. The van der Waals surface area contributed by atoms with Crippen LogP contribution in [-0.4, -0.2) is 57.7 Å². The molecule has 198 valence electrons. The average molecular weight is 583 g/mol. The number of fused-ring (bicyclic) bond motifs is 2. The van der Waals surface area contributed by atoms with E-state index in [0.29, 0.717) is 49.5 Å². The van der Waals surface area contributed by atoms with E-state index in [1.807, 2.05) is 23.1 Å². The number of methoxy groups -OCH3 is 3. The Labute approximate surface area is 229 Å². The zero-order valence-electron chi connectivity index (χ0n) is 21.4. The molecule has 38 heavy (non-hydrogen) atoms. The highest BCUT2D eigenvalue weighted by atomic mass is 79.9. The Morgan fingerprint density at radius 1 is 0.868 bits per heavy atom. The molecule has 1 fully saturated rings. The Kier molecular flexibility index (Phi) is 7.05. The zero-order chi connectivity index (χ0) is 27.0. The fourth-order valence-corrected chi connectivity index (χ4v) is 5.88. The van der Waals surface area contributed by atoms with Crippen molar-refractivity contribution < 1.29 is 28.2 Å². The molecule has 2 aliphatic rings. The van der Waals surface area contributed by atoms with Gasteiger partial charge in [-0.2, -0.15) is 0 Å². The molecular formula is C29H28BrFN2O5. The van der Waals surface area contributed by atoms with Gasteiger partial charge < -0.3 is 24.0 Å². The van der Waals surface area contributed by atoms with Gasteiger partial charge in [-0.25, -0.2) is 4.39 Å². The van der Waals surface area contributed by atoms with Gasteiger partial charge >= 0.3 is 0 Å². The Bertz CT molecular complexity index is 1400. The van der Waals surface area contributed by atoms with E-state index >= 15 is 0 Å². The van der Waals surface area contributed by atoms with Crippen LogP contribution in [0.1, 0.15) is 39.1 Å². The molecule has 9 heteroatoms. The summed E-state index contributed by atoms with van der Waals surface area (Å²) in [5.74, 6) is 0.441. The van der Waals surface area contributed by atoms with E-state index in [2.05, 4.69) is 22.0 Å². The highest BCUT2D eigenvalue weighted by Gasteiger charge is 2.47. The molecule has 1 spiro atoms. The molecule has 0 atom stereocenters. The molecule has 2 aliphatic heterocycles. The monoisotopic (exact) mass is 582 g/mol. The average Bonchev–Trinajstić information content (AvgIpc) is 3.27. The highest BCUT2D eigenvalue weighted by molar-refractivity contribution is 9.10. The lowest BCUT2D eigenvalue weighted by Crippen LogP contribution is -2.47. The highest BCUT2D eigenvalue weighted by Crippen LogP contribution is 2.48. The van der Waals surface area contributed by atoms with Crippen molar-refractivity contribution in [3.8, 4) is 17.2 Å². The van der Waals surface area contributed by atoms with Gasteiger partial charge in [0.2, 0.25) is 0 Å². The first-order valence-corrected chi connectivity index (χ1v) is 13.1. The number of ether oxygens (including phenoxy) is 3. The minimum absolute atomic E-state index is 0.0686. The maximum Gasteiger partial charge on any atom is 0.262 e. The minimum Gasteiger partial charge on any atom is -0.496 e. The van der Waals surface area contributed by atoms with Crippen molar-refractivity contribution in [2.45, 2.75) is 18.3 Å². The maximum absolute atomic E-state index is 14.1. The number of carbonyl (C=O) groups is 2. The summed E-state index contributed by atoms with van der Waals surface area (Å²) in [4.78, 5) is 30.7. The van der Waals surface area contributed by atoms with E-state index in [9.17, 15) is 14.0 Å². The number of anilines is 1. The summed E-state index contributed by atoms with van der Waals surface area (Å²) in [7, 11) is 4.52. The van der Waals surface area contributed by atoms with Gasteiger partial charge in [0.1, 0.15) is 11.6 Å². The van der Waals surface area contributed by atoms with Crippen molar-refractivity contribution in [3.63, 3.8) is 0 Å². The van der Waals surface area contributed by atoms with Crippen LogP contribution in [0.3, 0.4) is 0 Å². The molecule has 2 amide bonds. The van der Waals surface area contributed by atoms with Gasteiger partial charge in [0.25, 0.3) is 11.8 Å². The van der Waals surface area contributed by atoms with Crippen molar-refractivity contribution >= 4 is 33.4 Å². The largest absolute Gasteiger partial charge is 0.496 e. The van der Waals surface area contributed by atoms with Gasteiger partial charge in [0.05, 0.1) is 31.4 Å². The van der Waals surface area contributed by atoms with Crippen molar-refractivity contribution in [1.82, 2.24) is 4.90 Å². The first kappa shape index (κ1) is 26.0. The number of hydrogen-bond acceptors (Lipinski definition) is 5. The molecule has 7 nitrogen and oxygen atoms in total. The molecule has 3 aromatic carbocycles. The maximum atomic E-state index is 14.1. The van der Waals surface area contributed by atoms with Crippen molar-refractivity contribution in [1.29, 1.82) is 0 Å². The fraction of sp³-hybridized carbons (Fsp3) is 0.310. The number of rotatable bonds is 5. The minimum atomic E-state index is -0.497. The van der Waals surface area contributed by atoms with Gasteiger partial charge in [0.15, 0.2) is 11.5 Å². The van der Waals surface area contributed by atoms with Crippen LogP contribution in [0.5, 0.6) is 17.2 Å². The molecule has 0 saturated carbocycles. The third-order valence-corrected chi connectivity index (χ3v) is 8.19. The van der Waals surface area contributed by atoms with Gasteiger partial charge in [-0.05, 0) is 64.7 Å². The number of likely N-dealkylation sites (tertiary alicyclic amines) is 1. The number of carbonyl (C=O) groups excluding carboxylic acids is 2. The summed E-state index contributed by atoms with van der Waals surface area (Å²) in [6.07, 6.45) is 1.41. The predicted molar refractivity (Wildman–Crippen MR) is 145 cm³/mol. The molecule has 0 bridgehead atoms. The Morgan fingerprint density at radius 2 is 1.55 bits per heavy atom. The molecule has 0 N–H and O–H groups in total. The first-order chi connectivity index (χ1) is 18.3. The van der Waals surface area contributed by atoms with Crippen LogP contribution < -0.4 is 19.1 Å². The summed E-state index contributed by atoms with van der Waals surface area (Å²) in [6.45, 7) is 1.58. The number of benzene rings is 3. The summed E-state index contributed by atoms with van der Waals surface area (Å²) in [5.41, 5.74) is 2.46.